The lowest BCUT2D eigenvalue weighted by molar-refractivity contribution is -0.126. The van der Waals surface area contributed by atoms with Crippen molar-refractivity contribution in [2.75, 3.05) is 38.6 Å². The lowest BCUT2D eigenvalue weighted by Gasteiger charge is -2.27. The summed E-state index contributed by atoms with van der Waals surface area (Å²) < 4.78 is 34.9. The molecule has 0 aliphatic carbocycles. The van der Waals surface area contributed by atoms with Crippen molar-refractivity contribution in [3.05, 3.63) is 53.7 Å². The molecule has 2 fully saturated rings. The van der Waals surface area contributed by atoms with E-state index in [1.165, 1.54) is 19.2 Å². The van der Waals surface area contributed by atoms with Crippen LogP contribution < -0.4 is 15.4 Å². The van der Waals surface area contributed by atoms with Gasteiger partial charge in [0.25, 0.3) is 11.8 Å². The first-order chi connectivity index (χ1) is 16.9. The van der Waals surface area contributed by atoms with Crippen LogP contribution in [0.2, 0.25) is 0 Å². The van der Waals surface area contributed by atoms with Crippen LogP contribution in [-0.4, -0.2) is 67.2 Å². The van der Waals surface area contributed by atoms with E-state index in [0.29, 0.717) is 31.0 Å². The molecule has 0 bridgehead atoms. The van der Waals surface area contributed by atoms with Gasteiger partial charge in [-0.1, -0.05) is 26.0 Å². The maximum atomic E-state index is 12.5. The molecule has 2 aliphatic rings. The summed E-state index contributed by atoms with van der Waals surface area (Å²) in [6, 6.07) is 8.88. The number of carbonyl (C=O) groups excluding carboxylic acids is 2. The normalized spacial score (nSPS) is 19.0. The monoisotopic (exact) mass is 492 g/mol. The van der Waals surface area contributed by atoms with Gasteiger partial charge < -0.3 is 25.0 Å². The van der Waals surface area contributed by atoms with E-state index >= 15 is 0 Å². The quantitative estimate of drug-likeness (QED) is 0.677. The second kappa shape index (κ2) is 14.3. The molecule has 8 nitrogen and oxygen atoms in total. The summed E-state index contributed by atoms with van der Waals surface area (Å²) in [5, 5.41) is 5.95. The Morgan fingerprint density at radius 2 is 1.80 bits per heavy atom. The Bertz CT molecular complexity index is 970. The van der Waals surface area contributed by atoms with E-state index in [9.17, 15) is 18.4 Å². The highest BCUT2D eigenvalue weighted by atomic mass is 19.2. The number of nitrogens with zero attached hydrogens (tertiary/aromatic N) is 2. The fourth-order valence-corrected chi connectivity index (χ4v) is 3.50. The molecule has 1 aromatic carbocycles. The van der Waals surface area contributed by atoms with E-state index in [1.807, 2.05) is 20.8 Å². The van der Waals surface area contributed by atoms with E-state index in [4.69, 9.17) is 4.74 Å². The second-order valence-electron chi connectivity index (χ2n) is 7.71. The fourth-order valence-electron chi connectivity index (χ4n) is 3.50. The number of pyridine rings is 1. The van der Waals surface area contributed by atoms with Crippen LogP contribution in [0.4, 0.5) is 14.6 Å². The molecule has 10 heteroatoms. The SMILES string of the molecule is CC.CC1CCC(C(=O)Nc2cccc(C(=O)N3CCNCC3)n2)O1.COc1cccc(F)c1F. The minimum absolute atomic E-state index is 0.0694. The van der Waals surface area contributed by atoms with Crippen LogP contribution >= 0.6 is 0 Å². The molecule has 2 amide bonds. The molecule has 2 saturated heterocycles. The number of piperazine rings is 1. The maximum absolute atomic E-state index is 12.5. The topological polar surface area (TPSA) is 92.8 Å². The maximum Gasteiger partial charge on any atom is 0.272 e. The third-order valence-corrected chi connectivity index (χ3v) is 5.28. The largest absolute Gasteiger partial charge is 0.494 e. The van der Waals surface area contributed by atoms with Gasteiger partial charge in [0.2, 0.25) is 5.82 Å². The summed E-state index contributed by atoms with van der Waals surface area (Å²) in [6.07, 6.45) is 1.28. The van der Waals surface area contributed by atoms with E-state index < -0.39 is 17.7 Å². The summed E-state index contributed by atoms with van der Waals surface area (Å²) in [5.74, 6) is -1.81. The molecule has 2 atom stereocenters. The average Bonchev–Trinajstić information content (AvgIpc) is 3.34. The van der Waals surface area contributed by atoms with Gasteiger partial charge in [-0.2, -0.15) is 4.39 Å². The smallest absolute Gasteiger partial charge is 0.272 e. The number of hydrogen-bond acceptors (Lipinski definition) is 6. The molecular weight excluding hydrogens is 458 g/mol. The Balaban J connectivity index is 0.000000302. The number of amides is 2. The van der Waals surface area contributed by atoms with Gasteiger partial charge in [-0.25, -0.2) is 9.37 Å². The summed E-state index contributed by atoms with van der Waals surface area (Å²) in [6.45, 7) is 8.88. The van der Waals surface area contributed by atoms with Crippen LogP contribution in [-0.2, 0) is 9.53 Å². The molecular formula is C25H34F2N4O4. The van der Waals surface area contributed by atoms with Crippen molar-refractivity contribution < 1.29 is 27.8 Å². The zero-order valence-electron chi connectivity index (χ0n) is 20.6. The van der Waals surface area contributed by atoms with E-state index in [1.54, 1.807) is 23.1 Å². The molecule has 2 aliphatic heterocycles. The first kappa shape index (κ1) is 28.1. The molecule has 2 unspecified atom stereocenters. The summed E-state index contributed by atoms with van der Waals surface area (Å²) in [5.41, 5.74) is 0.352. The van der Waals surface area contributed by atoms with Gasteiger partial charge in [-0.3, -0.25) is 9.59 Å². The highest BCUT2D eigenvalue weighted by Gasteiger charge is 2.28. The number of benzene rings is 1. The molecule has 2 N–H and O–H groups in total. The Hall–Kier alpha value is -3.11. The molecule has 0 spiro atoms. The number of aromatic nitrogens is 1. The van der Waals surface area contributed by atoms with Gasteiger partial charge in [0.1, 0.15) is 17.6 Å². The third kappa shape index (κ3) is 8.25. The molecule has 3 heterocycles. The Morgan fingerprint density at radius 3 is 2.40 bits per heavy atom. The van der Waals surface area contributed by atoms with Crippen LogP contribution in [0.5, 0.6) is 5.75 Å². The highest BCUT2D eigenvalue weighted by molar-refractivity contribution is 5.95. The lowest BCUT2D eigenvalue weighted by Crippen LogP contribution is -2.46. The van der Waals surface area contributed by atoms with Crippen LogP contribution in [0.1, 0.15) is 44.1 Å². The van der Waals surface area contributed by atoms with Gasteiger partial charge >= 0.3 is 0 Å². The summed E-state index contributed by atoms with van der Waals surface area (Å²) in [4.78, 5) is 30.6. The van der Waals surface area contributed by atoms with E-state index in [-0.39, 0.29) is 23.7 Å². The number of rotatable bonds is 4. The van der Waals surface area contributed by atoms with Gasteiger partial charge in [0.15, 0.2) is 11.6 Å². The first-order valence-electron chi connectivity index (χ1n) is 11.8. The van der Waals surface area contributed by atoms with Crippen LogP contribution in [0.15, 0.2) is 36.4 Å². The van der Waals surface area contributed by atoms with E-state index in [0.717, 1.165) is 25.6 Å². The first-order valence-corrected chi connectivity index (χ1v) is 11.8. The number of halogens is 2. The zero-order valence-corrected chi connectivity index (χ0v) is 20.6. The Kier molecular flexibility index (Phi) is 11.5. The number of ether oxygens (including phenoxy) is 2. The van der Waals surface area contributed by atoms with E-state index in [2.05, 4.69) is 20.4 Å². The lowest BCUT2D eigenvalue weighted by atomic mass is 10.2. The van der Waals surface area contributed by atoms with Gasteiger partial charge in [-0.15, -0.1) is 0 Å². The Labute approximate surface area is 205 Å². The van der Waals surface area contributed by atoms with Crippen molar-refractivity contribution in [2.45, 2.75) is 45.8 Å². The molecule has 0 saturated carbocycles. The van der Waals surface area contributed by atoms with Crippen LogP contribution in [0.3, 0.4) is 0 Å². The molecule has 2 aromatic rings. The van der Waals surface area contributed by atoms with Gasteiger partial charge in [0, 0.05) is 26.2 Å². The molecule has 35 heavy (non-hydrogen) atoms. The predicted octanol–water partition coefficient (Wildman–Crippen LogP) is 3.63. The average molecular weight is 493 g/mol. The number of hydrogen-bond donors (Lipinski definition) is 2. The second-order valence-corrected chi connectivity index (χ2v) is 7.71. The zero-order chi connectivity index (χ0) is 25.8. The number of anilines is 1. The molecule has 192 valence electrons. The molecule has 1 aromatic heterocycles. The Morgan fingerprint density at radius 1 is 1.11 bits per heavy atom. The van der Waals surface area contributed by atoms with Crippen molar-refractivity contribution >= 4 is 17.6 Å². The van der Waals surface area contributed by atoms with Crippen molar-refractivity contribution in [1.29, 1.82) is 0 Å². The third-order valence-electron chi connectivity index (χ3n) is 5.28. The van der Waals surface area contributed by atoms with Crippen molar-refractivity contribution in [1.82, 2.24) is 15.2 Å². The standard InChI is InChI=1S/C16H22N4O3.C7H6F2O.C2H6/c1-11-5-6-13(23-11)15(21)19-14-4-2-3-12(18-14)16(22)20-9-7-17-8-10-20;1-10-6-4-2-3-5(8)7(6)9;1-2/h2-4,11,13,17H,5-10H2,1H3,(H,18,19,21);2-4H,1H3;1-2H3. The van der Waals surface area contributed by atoms with Crippen molar-refractivity contribution in [3.63, 3.8) is 0 Å². The van der Waals surface area contributed by atoms with Gasteiger partial charge in [0.05, 0.1) is 13.2 Å². The number of nitrogens with one attached hydrogen (secondary N) is 2. The van der Waals surface area contributed by atoms with Gasteiger partial charge in [-0.05, 0) is 44.0 Å². The van der Waals surface area contributed by atoms with Crippen molar-refractivity contribution in [3.8, 4) is 5.75 Å². The van der Waals surface area contributed by atoms with Crippen LogP contribution in [0.25, 0.3) is 0 Å². The minimum Gasteiger partial charge on any atom is -0.494 e. The molecule has 0 radical (unpaired) electrons. The number of methoxy groups -OCH3 is 1. The highest BCUT2D eigenvalue weighted by Crippen LogP contribution is 2.20. The number of carbonyl (C=O) groups is 2. The summed E-state index contributed by atoms with van der Waals surface area (Å²) in [7, 11) is 1.29. The minimum atomic E-state index is -0.940. The molecule has 4 rings (SSSR count). The van der Waals surface area contributed by atoms with Crippen LogP contribution in [0, 0.1) is 11.6 Å². The summed E-state index contributed by atoms with van der Waals surface area (Å²) >= 11 is 0. The predicted molar refractivity (Wildman–Crippen MR) is 129 cm³/mol. The van der Waals surface area contributed by atoms with Crippen molar-refractivity contribution in [2.24, 2.45) is 0 Å². The fraction of sp³-hybridized carbons (Fsp3) is 0.480.